The number of pyridine rings is 1. The van der Waals surface area contributed by atoms with Gasteiger partial charge >= 0.3 is 5.97 Å². The Morgan fingerprint density at radius 3 is 2.62 bits per heavy atom. The van der Waals surface area contributed by atoms with Crippen LogP contribution in [0.3, 0.4) is 0 Å². The molecule has 110 valence electrons. The highest BCUT2D eigenvalue weighted by atomic mass is 16.4. The van der Waals surface area contributed by atoms with Crippen LogP contribution in [0, 0.1) is 0 Å². The number of nitrogens with one attached hydrogen (secondary N) is 1. The SMILES string of the molecule is CN(c1ncc(C(=O)O)c2ccccc12)C1CCNCC1. The fraction of sp³-hybridized carbons (Fsp3) is 0.375. The number of aromatic carboxylic acids is 1. The molecule has 1 aromatic heterocycles. The molecule has 1 aliphatic rings. The van der Waals surface area contributed by atoms with Crippen LogP contribution >= 0.6 is 0 Å². The molecule has 1 aliphatic heterocycles. The average Bonchev–Trinajstić information content (AvgIpc) is 2.54. The number of piperidine rings is 1. The summed E-state index contributed by atoms with van der Waals surface area (Å²) in [6.07, 6.45) is 3.62. The first-order valence-electron chi connectivity index (χ1n) is 7.23. The van der Waals surface area contributed by atoms with Crippen molar-refractivity contribution in [3.05, 3.63) is 36.0 Å². The van der Waals surface area contributed by atoms with E-state index in [0.29, 0.717) is 6.04 Å². The zero-order chi connectivity index (χ0) is 14.8. The molecule has 1 saturated heterocycles. The minimum atomic E-state index is -0.935. The Bertz CT molecular complexity index is 666. The van der Waals surface area contributed by atoms with Crippen molar-refractivity contribution < 1.29 is 9.90 Å². The summed E-state index contributed by atoms with van der Waals surface area (Å²) in [6, 6.07) is 8.03. The van der Waals surface area contributed by atoms with Crippen LogP contribution in [-0.4, -0.2) is 42.2 Å². The molecule has 5 heteroatoms. The van der Waals surface area contributed by atoms with E-state index in [9.17, 15) is 9.90 Å². The van der Waals surface area contributed by atoms with Crippen LogP contribution in [0.5, 0.6) is 0 Å². The Labute approximate surface area is 123 Å². The first-order chi connectivity index (χ1) is 10.2. The van der Waals surface area contributed by atoms with Gasteiger partial charge in [0.1, 0.15) is 5.82 Å². The van der Waals surface area contributed by atoms with Crippen molar-refractivity contribution in [1.29, 1.82) is 0 Å². The molecule has 0 unspecified atom stereocenters. The average molecular weight is 285 g/mol. The van der Waals surface area contributed by atoms with E-state index in [1.54, 1.807) is 0 Å². The molecule has 2 aromatic rings. The summed E-state index contributed by atoms with van der Waals surface area (Å²) in [4.78, 5) is 18.0. The van der Waals surface area contributed by atoms with E-state index in [1.807, 2.05) is 31.3 Å². The van der Waals surface area contributed by atoms with Crippen molar-refractivity contribution in [2.45, 2.75) is 18.9 Å². The van der Waals surface area contributed by atoms with E-state index in [-0.39, 0.29) is 5.56 Å². The van der Waals surface area contributed by atoms with Crippen molar-refractivity contribution in [3.63, 3.8) is 0 Å². The fourth-order valence-corrected chi connectivity index (χ4v) is 3.00. The molecule has 0 atom stereocenters. The summed E-state index contributed by atoms with van der Waals surface area (Å²) in [7, 11) is 2.05. The Hall–Kier alpha value is -2.14. The van der Waals surface area contributed by atoms with Crippen LogP contribution in [0.15, 0.2) is 30.5 Å². The monoisotopic (exact) mass is 285 g/mol. The van der Waals surface area contributed by atoms with Gasteiger partial charge in [-0.05, 0) is 25.9 Å². The number of carboxylic acids is 1. The summed E-state index contributed by atoms with van der Waals surface area (Å²) in [6.45, 7) is 2.03. The number of hydrogen-bond donors (Lipinski definition) is 2. The lowest BCUT2D eigenvalue weighted by molar-refractivity contribution is 0.0698. The highest BCUT2D eigenvalue weighted by molar-refractivity contribution is 6.06. The van der Waals surface area contributed by atoms with Crippen molar-refractivity contribution in [3.8, 4) is 0 Å². The molecular formula is C16H19N3O2. The smallest absolute Gasteiger partial charge is 0.337 e. The number of carboxylic acid groups (broad SMARTS) is 1. The number of aromatic nitrogens is 1. The second-order valence-electron chi connectivity index (χ2n) is 5.44. The number of fused-ring (bicyclic) bond motifs is 1. The van der Waals surface area contributed by atoms with E-state index in [2.05, 4.69) is 15.2 Å². The van der Waals surface area contributed by atoms with Gasteiger partial charge in [0.05, 0.1) is 5.56 Å². The summed E-state index contributed by atoms with van der Waals surface area (Å²) in [5.41, 5.74) is 0.257. The van der Waals surface area contributed by atoms with E-state index < -0.39 is 5.97 Å². The molecule has 0 radical (unpaired) electrons. The van der Waals surface area contributed by atoms with Gasteiger partial charge in [-0.1, -0.05) is 24.3 Å². The van der Waals surface area contributed by atoms with E-state index in [4.69, 9.17) is 0 Å². The minimum Gasteiger partial charge on any atom is -0.478 e. The molecule has 3 rings (SSSR count). The maximum atomic E-state index is 11.3. The van der Waals surface area contributed by atoms with Gasteiger partial charge in [-0.25, -0.2) is 9.78 Å². The van der Waals surface area contributed by atoms with Gasteiger partial charge in [0.15, 0.2) is 0 Å². The first-order valence-corrected chi connectivity index (χ1v) is 7.23. The number of nitrogens with zero attached hydrogens (tertiary/aromatic N) is 2. The molecule has 0 bridgehead atoms. The highest BCUT2D eigenvalue weighted by Crippen LogP contribution is 2.29. The Balaban J connectivity index is 2.06. The zero-order valence-corrected chi connectivity index (χ0v) is 12.0. The maximum absolute atomic E-state index is 11.3. The molecular weight excluding hydrogens is 266 g/mol. The highest BCUT2D eigenvalue weighted by Gasteiger charge is 2.21. The summed E-state index contributed by atoms with van der Waals surface area (Å²) >= 11 is 0. The lowest BCUT2D eigenvalue weighted by atomic mass is 10.0. The van der Waals surface area contributed by atoms with Gasteiger partial charge in [-0.3, -0.25) is 0 Å². The number of rotatable bonds is 3. The van der Waals surface area contributed by atoms with Crippen molar-refractivity contribution in [2.75, 3.05) is 25.0 Å². The minimum absolute atomic E-state index is 0.257. The largest absolute Gasteiger partial charge is 0.478 e. The predicted octanol–water partition coefficient (Wildman–Crippen LogP) is 2.12. The second-order valence-corrected chi connectivity index (χ2v) is 5.44. The van der Waals surface area contributed by atoms with Crippen LogP contribution in [-0.2, 0) is 0 Å². The van der Waals surface area contributed by atoms with Gasteiger partial charge in [-0.15, -0.1) is 0 Å². The summed E-state index contributed by atoms with van der Waals surface area (Å²) < 4.78 is 0. The van der Waals surface area contributed by atoms with Crippen LogP contribution in [0.2, 0.25) is 0 Å². The molecule has 2 N–H and O–H groups in total. The summed E-state index contributed by atoms with van der Waals surface area (Å²) in [5, 5.41) is 14.3. The van der Waals surface area contributed by atoms with Crippen molar-refractivity contribution in [1.82, 2.24) is 10.3 Å². The number of anilines is 1. The number of hydrogen-bond acceptors (Lipinski definition) is 4. The molecule has 1 fully saturated rings. The molecule has 0 spiro atoms. The van der Waals surface area contributed by atoms with Gasteiger partial charge in [0.25, 0.3) is 0 Å². The van der Waals surface area contributed by atoms with Crippen molar-refractivity contribution in [2.24, 2.45) is 0 Å². The first kappa shape index (κ1) is 13.8. The van der Waals surface area contributed by atoms with Gasteiger partial charge < -0.3 is 15.3 Å². The summed E-state index contributed by atoms with van der Waals surface area (Å²) in [5.74, 6) is -0.0720. The third kappa shape index (κ3) is 2.56. The van der Waals surface area contributed by atoms with Crippen LogP contribution in [0.1, 0.15) is 23.2 Å². The lowest BCUT2D eigenvalue weighted by Gasteiger charge is -2.33. The van der Waals surface area contributed by atoms with Crippen LogP contribution < -0.4 is 10.2 Å². The third-order valence-corrected chi connectivity index (χ3v) is 4.19. The van der Waals surface area contributed by atoms with Crippen LogP contribution in [0.25, 0.3) is 10.8 Å². The molecule has 21 heavy (non-hydrogen) atoms. The van der Waals surface area contributed by atoms with Crippen molar-refractivity contribution >= 4 is 22.6 Å². The Morgan fingerprint density at radius 1 is 1.29 bits per heavy atom. The standard InChI is InChI=1S/C16H19N3O2/c1-19(11-6-8-17-9-7-11)15-13-5-3-2-4-12(13)14(10-18-15)16(20)21/h2-5,10-11,17H,6-9H2,1H3,(H,20,21). The van der Waals surface area contributed by atoms with Crippen LogP contribution in [0.4, 0.5) is 5.82 Å². The molecule has 0 amide bonds. The normalized spacial score (nSPS) is 16.0. The van der Waals surface area contributed by atoms with E-state index in [1.165, 1.54) is 6.20 Å². The molecule has 0 aliphatic carbocycles. The molecule has 5 nitrogen and oxygen atoms in total. The van der Waals surface area contributed by atoms with E-state index in [0.717, 1.165) is 42.5 Å². The lowest BCUT2D eigenvalue weighted by Crippen LogP contribution is -2.41. The molecule has 1 aromatic carbocycles. The van der Waals surface area contributed by atoms with Gasteiger partial charge in [0.2, 0.25) is 0 Å². The van der Waals surface area contributed by atoms with Gasteiger partial charge in [0, 0.05) is 30.1 Å². The topological polar surface area (TPSA) is 65.5 Å². The Morgan fingerprint density at radius 2 is 1.95 bits per heavy atom. The fourth-order valence-electron chi connectivity index (χ4n) is 3.00. The number of benzene rings is 1. The second kappa shape index (κ2) is 5.69. The van der Waals surface area contributed by atoms with Gasteiger partial charge in [-0.2, -0.15) is 0 Å². The Kier molecular flexibility index (Phi) is 3.75. The number of carbonyl (C=O) groups is 1. The van der Waals surface area contributed by atoms with E-state index >= 15 is 0 Å². The maximum Gasteiger partial charge on any atom is 0.337 e. The zero-order valence-electron chi connectivity index (χ0n) is 12.0. The molecule has 2 heterocycles. The third-order valence-electron chi connectivity index (χ3n) is 4.19. The molecule has 0 saturated carbocycles. The quantitative estimate of drug-likeness (QED) is 0.904. The predicted molar refractivity (Wildman–Crippen MR) is 83.0 cm³/mol.